The highest BCUT2D eigenvalue weighted by Crippen LogP contribution is 2.21. The predicted molar refractivity (Wildman–Crippen MR) is 121 cm³/mol. The van der Waals surface area contributed by atoms with Gasteiger partial charge in [-0.25, -0.2) is 14.3 Å². The summed E-state index contributed by atoms with van der Waals surface area (Å²) in [7, 11) is 0. The number of nitrogens with one attached hydrogen (secondary N) is 1. The lowest BCUT2D eigenvalue weighted by Crippen LogP contribution is -2.49. The molecule has 1 atom stereocenters. The Balaban J connectivity index is 1.66. The first-order valence-electron chi connectivity index (χ1n) is 11.1. The van der Waals surface area contributed by atoms with Crippen LogP contribution in [0.3, 0.4) is 0 Å². The number of urea groups is 1. The van der Waals surface area contributed by atoms with E-state index in [4.69, 9.17) is 4.74 Å². The number of carbonyl (C=O) groups excluding carboxylic acids is 3. The second-order valence-electron chi connectivity index (χ2n) is 7.65. The van der Waals surface area contributed by atoms with Crippen LogP contribution in [-0.4, -0.2) is 70.3 Å². The van der Waals surface area contributed by atoms with Crippen LogP contribution < -0.4 is 5.32 Å². The van der Waals surface area contributed by atoms with E-state index in [0.717, 1.165) is 12.8 Å². The Labute approximate surface area is 188 Å². The van der Waals surface area contributed by atoms with Crippen LogP contribution in [0.1, 0.15) is 44.1 Å². The van der Waals surface area contributed by atoms with Crippen molar-refractivity contribution in [3.63, 3.8) is 0 Å². The minimum atomic E-state index is -0.475. The number of carbonyl (C=O) groups is 3. The Morgan fingerprint density at radius 3 is 2.69 bits per heavy atom. The summed E-state index contributed by atoms with van der Waals surface area (Å²) < 4.78 is 6.53. The first-order chi connectivity index (χ1) is 15.5. The Morgan fingerprint density at radius 2 is 1.97 bits per heavy atom. The standard InChI is InChI=1S/C23H31N5O4/c1-4-26(5-2)23(31)27-13-8-9-17(16-27)21(29)24-18-10-7-11-19(15-18)28-14-12-20(25-28)22(30)32-6-3/h7,10-12,14-15,17H,4-6,8-9,13,16H2,1-3H3,(H,24,29)/t17-/m0/s1. The highest BCUT2D eigenvalue weighted by atomic mass is 16.5. The van der Waals surface area contributed by atoms with Crippen molar-refractivity contribution in [3.05, 3.63) is 42.2 Å². The van der Waals surface area contributed by atoms with E-state index in [0.29, 0.717) is 37.6 Å². The lowest BCUT2D eigenvalue weighted by atomic mass is 9.97. The Morgan fingerprint density at radius 1 is 1.19 bits per heavy atom. The molecular weight excluding hydrogens is 410 g/mol. The topological polar surface area (TPSA) is 96.8 Å². The van der Waals surface area contributed by atoms with Crippen LogP contribution in [0.5, 0.6) is 0 Å². The molecule has 9 heteroatoms. The molecule has 0 radical (unpaired) electrons. The maximum Gasteiger partial charge on any atom is 0.358 e. The van der Waals surface area contributed by atoms with Gasteiger partial charge in [-0.2, -0.15) is 5.10 Å². The summed E-state index contributed by atoms with van der Waals surface area (Å²) in [5, 5.41) is 7.22. The monoisotopic (exact) mass is 441 g/mol. The van der Waals surface area contributed by atoms with E-state index in [1.54, 1.807) is 45.8 Å². The number of esters is 1. The van der Waals surface area contributed by atoms with E-state index in [2.05, 4.69) is 10.4 Å². The van der Waals surface area contributed by atoms with Gasteiger partial charge in [0.15, 0.2) is 5.69 Å². The zero-order valence-electron chi connectivity index (χ0n) is 18.9. The number of hydrogen-bond donors (Lipinski definition) is 1. The zero-order valence-corrected chi connectivity index (χ0v) is 18.9. The lowest BCUT2D eigenvalue weighted by Gasteiger charge is -2.35. The largest absolute Gasteiger partial charge is 0.461 e. The third-order valence-electron chi connectivity index (χ3n) is 5.55. The van der Waals surface area contributed by atoms with Crippen LogP contribution in [0.4, 0.5) is 10.5 Å². The van der Waals surface area contributed by atoms with E-state index in [-0.39, 0.29) is 30.2 Å². The van der Waals surface area contributed by atoms with Gasteiger partial charge in [0, 0.05) is 38.1 Å². The fourth-order valence-electron chi connectivity index (χ4n) is 3.81. The smallest absolute Gasteiger partial charge is 0.358 e. The minimum absolute atomic E-state index is 0.00872. The number of amides is 3. The fourth-order valence-corrected chi connectivity index (χ4v) is 3.81. The van der Waals surface area contributed by atoms with Crippen LogP contribution in [0, 0.1) is 5.92 Å². The van der Waals surface area contributed by atoms with E-state index < -0.39 is 5.97 Å². The molecule has 0 saturated carbocycles. The Kier molecular flexibility index (Phi) is 7.86. The SMILES string of the molecule is CCOC(=O)c1ccn(-c2cccc(NC(=O)[C@H]3CCCN(C(=O)N(CC)CC)C3)c2)n1. The maximum atomic E-state index is 12.9. The molecule has 1 aromatic carbocycles. The van der Waals surface area contributed by atoms with E-state index in [1.165, 1.54) is 0 Å². The van der Waals surface area contributed by atoms with Crippen molar-refractivity contribution in [2.45, 2.75) is 33.6 Å². The molecule has 3 amide bonds. The molecule has 0 unspecified atom stereocenters. The van der Waals surface area contributed by atoms with Crippen LogP contribution in [0.15, 0.2) is 36.5 Å². The molecule has 2 heterocycles. The average molecular weight is 442 g/mol. The Bertz CT molecular complexity index is 953. The summed E-state index contributed by atoms with van der Waals surface area (Å²) in [4.78, 5) is 41.0. The average Bonchev–Trinajstić information content (AvgIpc) is 3.31. The third kappa shape index (κ3) is 5.46. The normalized spacial score (nSPS) is 15.8. The molecule has 2 aromatic rings. The van der Waals surface area contributed by atoms with Crippen molar-refractivity contribution in [2.24, 2.45) is 5.92 Å². The van der Waals surface area contributed by atoms with Crippen LogP contribution >= 0.6 is 0 Å². The summed E-state index contributed by atoms with van der Waals surface area (Å²) in [5.41, 5.74) is 1.56. The molecule has 1 aliphatic heterocycles. The number of aromatic nitrogens is 2. The minimum Gasteiger partial charge on any atom is -0.461 e. The number of benzene rings is 1. The first-order valence-corrected chi connectivity index (χ1v) is 11.1. The van der Waals surface area contributed by atoms with E-state index in [9.17, 15) is 14.4 Å². The van der Waals surface area contributed by atoms with E-state index >= 15 is 0 Å². The second-order valence-corrected chi connectivity index (χ2v) is 7.65. The molecule has 1 aliphatic rings. The van der Waals surface area contributed by atoms with Gasteiger partial charge in [-0.3, -0.25) is 4.79 Å². The quantitative estimate of drug-likeness (QED) is 0.666. The zero-order chi connectivity index (χ0) is 23.1. The maximum absolute atomic E-state index is 12.9. The molecule has 172 valence electrons. The fraction of sp³-hybridized carbons (Fsp3) is 0.478. The van der Waals surface area contributed by atoms with Gasteiger partial charge >= 0.3 is 12.0 Å². The predicted octanol–water partition coefficient (Wildman–Crippen LogP) is 3.16. The number of piperidine rings is 1. The van der Waals surface area contributed by atoms with Gasteiger partial charge in [-0.05, 0) is 57.9 Å². The molecule has 1 aromatic heterocycles. The molecule has 1 N–H and O–H groups in total. The summed E-state index contributed by atoms with van der Waals surface area (Å²) in [6, 6.07) is 8.83. The van der Waals surface area contributed by atoms with Gasteiger partial charge in [-0.15, -0.1) is 0 Å². The summed E-state index contributed by atoms with van der Waals surface area (Å²) in [6.07, 6.45) is 3.22. The molecule has 0 bridgehead atoms. The summed E-state index contributed by atoms with van der Waals surface area (Å²) in [6.45, 7) is 8.34. The molecule has 1 saturated heterocycles. The highest BCUT2D eigenvalue weighted by molar-refractivity contribution is 5.93. The van der Waals surface area contributed by atoms with E-state index in [1.807, 2.05) is 26.0 Å². The molecule has 9 nitrogen and oxygen atoms in total. The van der Waals surface area contributed by atoms with Crippen molar-refractivity contribution in [1.82, 2.24) is 19.6 Å². The van der Waals surface area contributed by atoms with Crippen molar-refractivity contribution in [3.8, 4) is 5.69 Å². The number of likely N-dealkylation sites (tertiary alicyclic amines) is 1. The second kappa shape index (κ2) is 10.8. The number of rotatable bonds is 7. The van der Waals surface area contributed by atoms with Crippen molar-refractivity contribution < 1.29 is 19.1 Å². The van der Waals surface area contributed by atoms with Crippen molar-refractivity contribution in [2.75, 3.05) is 38.1 Å². The highest BCUT2D eigenvalue weighted by Gasteiger charge is 2.30. The molecule has 1 fully saturated rings. The molecule has 3 rings (SSSR count). The molecule has 32 heavy (non-hydrogen) atoms. The van der Waals surface area contributed by atoms with Gasteiger partial charge in [0.05, 0.1) is 18.2 Å². The number of ether oxygens (including phenoxy) is 1. The van der Waals surface area contributed by atoms with Gasteiger partial charge in [0.25, 0.3) is 0 Å². The third-order valence-corrected chi connectivity index (χ3v) is 5.55. The van der Waals surface area contributed by atoms with Crippen LogP contribution in [0.25, 0.3) is 5.69 Å². The van der Waals surface area contributed by atoms with Crippen molar-refractivity contribution >= 4 is 23.6 Å². The van der Waals surface area contributed by atoms with Crippen LogP contribution in [-0.2, 0) is 9.53 Å². The Hall–Kier alpha value is -3.36. The number of nitrogens with zero attached hydrogens (tertiary/aromatic N) is 4. The van der Waals surface area contributed by atoms with Gasteiger partial charge in [0.1, 0.15) is 0 Å². The van der Waals surface area contributed by atoms with Gasteiger partial charge < -0.3 is 19.9 Å². The van der Waals surface area contributed by atoms with Gasteiger partial charge in [0.2, 0.25) is 5.91 Å². The van der Waals surface area contributed by atoms with Crippen LogP contribution in [0.2, 0.25) is 0 Å². The number of anilines is 1. The summed E-state index contributed by atoms with van der Waals surface area (Å²) >= 11 is 0. The molecule has 0 aliphatic carbocycles. The van der Waals surface area contributed by atoms with Crippen molar-refractivity contribution in [1.29, 1.82) is 0 Å². The number of hydrogen-bond acceptors (Lipinski definition) is 5. The lowest BCUT2D eigenvalue weighted by molar-refractivity contribution is -0.121. The molecular formula is C23H31N5O4. The molecule has 0 spiro atoms. The summed E-state index contributed by atoms with van der Waals surface area (Å²) in [5.74, 6) is -0.837. The van der Waals surface area contributed by atoms with Gasteiger partial charge in [-0.1, -0.05) is 6.07 Å². The first kappa shape index (κ1) is 23.3.